The summed E-state index contributed by atoms with van der Waals surface area (Å²) in [6.45, 7) is 8.78. The number of nitrogens with zero attached hydrogens (tertiary/aromatic N) is 3. The molecule has 10 heteroatoms. The van der Waals surface area contributed by atoms with Crippen molar-refractivity contribution in [1.82, 2.24) is 30.4 Å². The van der Waals surface area contributed by atoms with Gasteiger partial charge in [-0.15, -0.1) is 0 Å². The average Bonchev–Trinajstić information content (AvgIpc) is 3.68. The van der Waals surface area contributed by atoms with E-state index in [2.05, 4.69) is 20.6 Å². The van der Waals surface area contributed by atoms with Crippen LogP contribution in [0.1, 0.15) is 56.7 Å². The first-order valence-electron chi connectivity index (χ1n) is 14.9. The molecule has 43 heavy (non-hydrogen) atoms. The Labute approximate surface area is 253 Å². The highest BCUT2D eigenvalue weighted by Crippen LogP contribution is 2.27. The van der Waals surface area contributed by atoms with E-state index in [9.17, 15) is 18.8 Å². The quantitative estimate of drug-likeness (QED) is 0.312. The highest BCUT2D eigenvalue weighted by Gasteiger charge is 2.41. The Kier molecular flexibility index (Phi) is 10.3. The van der Waals surface area contributed by atoms with Crippen LogP contribution in [0.2, 0.25) is 0 Å². The van der Waals surface area contributed by atoms with E-state index >= 15 is 0 Å². The van der Waals surface area contributed by atoms with Gasteiger partial charge in [0.05, 0.1) is 17.9 Å². The third-order valence-corrected chi connectivity index (χ3v) is 8.05. The van der Waals surface area contributed by atoms with Crippen molar-refractivity contribution in [3.63, 3.8) is 0 Å². The van der Waals surface area contributed by atoms with Gasteiger partial charge in [-0.2, -0.15) is 0 Å². The normalized spacial score (nSPS) is 16.5. The molecule has 3 aromatic rings. The van der Waals surface area contributed by atoms with Crippen molar-refractivity contribution in [1.29, 1.82) is 0 Å². The van der Waals surface area contributed by atoms with Gasteiger partial charge in [-0.3, -0.25) is 14.4 Å². The van der Waals surface area contributed by atoms with Gasteiger partial charge < -0.3 is 25.4 Å². The summed E-state index contributed by atoms with van der Waals surface area (Å²) in [5.74, 6) is -0.760. The van der Waals surface area contributed by atoms with Crippen LogP contribution in [0.4, 0.5) is 4.39 Å². The maximum atomic E-state index is 14.0. The molecule has 0 radical (unpaired) electrons. The van der Waals surface area contributed by atoms with E-state index in [-0.39, 0.29) is 35.4 Å². The van der Waals surface area contributed by atoms with Gasteiger partial charge in [-0.25, -0.2) is 9.37 Å². The van der Waals surface area contributed by atoms with Crippen molar-refractivity contribution in [2.24, 2.45) is 5.41 Å². The van der Waals surface area contributed by atoms with Crippen LogP contribution in [0, 0.1) is 11.2 Å². The fraction of sp³-hybridized carbons (Fsp3) is 0.455. The number of benzene rings is 2. The number of carbonyl (C=O) groups excluding carboxylic acids is 3. The van der Waals surface area contributed by atoms with Crippen molar-refractivity contribution >= 4 is 17.7 Å². The lowest BCUT2D eigenvalue weighted by Crippen LogP contribution is -2.59. The molecule has 2 aromatic carbocycles. The van der Waals surface area contributed by atoms with Crippen molar-refractivity contribution in [2.75, 3.05) is 26.7 Å². The molecule has 1 aromatic heterocycles. The van der Waals surface area contributed by atoms with Gasteiger partial charge in [0.2, 0.25) is 11.8 Å². The second kappa shape index (κ2) is 13.9. The lowest BCUT2D eigenvalue weighted by atomic mass is 9.85. The molecular weight excluding hydrogens is 547 g/mol. The Morgan fingerprint density at radius 3 is 2.47 bits per heavy atom. The van der Waals surface area contributed by atoms with Crippen molar-refractivity contribution in [2.45, 2.75) is 65.1 Å². The van der Waals surface area contributed by atoms with Crippen molar-refractivity contribution in [3.8, 4) is 11.3 Å². The number of aromatic nitrogens is 2. The molecule has 0 bridgehead atoms. The zero-order valence-corrected chi connectivity index (χ0v) is 25.7. The number of amides is 3. The van der Waals surface area contributed by atoms with Crippen molar-refractivity contribution < 1.29 is 18.8 Å². The third-order valence-electron chi connectivity index (χ3n) is 8.05. The number of H-pyrrole nitrogens is 1. The number of rotatable bonds is 11. The molecule has 4 rings (SSSR count). The van der Waals surface area contributed by atoms with E-state index in [0.29, 0.717) is 26.1 Å². The lowest BCUT2D eigenvalue weighted by Gasteiger charge is -2.37. The molecule has 1 aliphatic rings. The molecule has 1 saturated heterocycles. The summed E-state index contributed by atoms with van der Waals surface area (Å²) in [7, 11) is 1.70. The Morgan fingerprint density at radius 1 is 1.12 bits per heavy atom. The van der Waals surface area contributed by atoms with Crippen molar-refractivity contribution in [3.05, 3.63) is 78.0 Å². The number of carbonyl (C=O) groups is 3. The predicted octanol–water partition coefficient (Wildman–Crippen LogP) is 4.03. The van der Waals surface area contributed by atoms with Crippen LogP contribution in [0.3, 0.4) is 0 Å². The van der Waals surface area contributed by atoms with Gasteiger partial charge in [-0.1, -0.05) is 63.2 Å². The molecule has 3 unspecified atom stereocenters. The first-order valence-corrected chi connectivity index (χ1v) is 14.9. The zero-order chi connectivity index (χ0) is 31.1. The highest BCUT2D eigenvalue weighted by molar-refractivity contribution is 5.92. The molecule has 0 aliphatic carbocycles. The number of aromatic amines is 1. The monoisotopic (exact) mass is 590 g/mol. The number of likely N-dealkylation sites (tertiary alicyclic amines) is 1. The summed E-state index contributed by atoms with van der Waals surface area (Å²) in [5.41, 5.74) is 2.03. The average molecular weight is 591 g/mol. The van der Waals surface area contributed by atoms with E-state index in [4.69, 9.17) is 0 Å². The summed E-state index contributed by atoms with van der Waals surface area (Å²) < 4.78 is 13.5. The van der Waals surface area contributed by atoms with E-state index in [0.717, 1.165) is 29.7 Å². The van der Waals surface area contributed by atoms with Crippen LogP contribution >= 0.6 is 0 Å². The summed E-state index contributed by atoms with van der Waals surface area (Å²) in [6, 6.07) is 14.5. The van der Waals surface area contributed by atoms with Gasteiger partial charge in [0.1, 0.15) is 11.9 Å². The third kappa shape index (κ3) is 8.07. The maximum absolute atomic E-state index is 14.0. The summed E-state index contributed by atoms with van der Waals surface area (Å²) >= 11 is 0. The number of likely N-dealkylation sites (N-methyl/N-ethyl adjacent to an activating group) is 1. The fourth-order valence-corrected chi connectivity index (χ4v) is 5.32. The number of halogens is 1. The van der Waals surface area contributed by atoms with Crippen LogP contribution in [0.5, 0.6) is 0 Å². The molecule has 3 amide bonds. The molecule has 0 spiro atoms. The smallest absolute Gasteiger partial charge is 0.289 e. The van der Waals surface area contributed by atoms with Crippen LogP contribution in [0.25, 0.3) is 11.3 Å². The summed E-state index contributed by atoms with van der Waals surface area (Å²) in [6.07, 6.45) is 3.70. The first-order chi connectivity index (χ1) is 20.5. The topological polar surface area (TPSA) is 110 Å². The minimum atomic E-state index is -0.724. The van der Waals surface area contributed by atoms with Crippen LogP contribution in [-0.4, -0.2) is 82.3 Å². The second-order valence-corrected chi connectivity index (χ2v) is 12.3. The molecular formula is C33H43FN6O3. The number of hydrogen-bond donors (Lipinski definition) is 3. The molecule has 2 heterocycles. The predicted molar refractivity (Wildman–Crippen MR) is 165 cm³/mol. The minimum Gasteiger partial charge on any atom is -0.342 e. The standard InChI is InChI=1S/C33H43FN6O3/c1-22(35-5)30(41)38-28(33(2,3)4)31(42)40-18-9-12-26(40)21-39(19-17-23-13-15-25(34)16-14-23)32(43)29-36-20-27(37-29)24-10-7-6-8-11-24/h6-8,10-11,13-16,20,22,26,28,35H,9,12,17-19,21H2,1-5H3,(H,36,37)(H,38,41). The van der Waals surface area contributed by atoms with Crippen LogP contribution in [-0.2, 0) is 16.0 Å². The SMILES string of the molecule is CNC(C)C(=O)NC(C(=O)N1CCCC1CN(CCc1ccc(F)cc1)C(=O)c1ncc(-c2ccccc2)[nH]1)C(C)(C)C. The highest BCUT2D eigenvalue weighted by atomic mass is 19.1. The van der Waals surface area contributed by atoms with Gasteiger partial charge in [0, 0.05) is 25.7 Å². The number of imidazole rings is 1. The molecule has 1 fully saturated rings. The molecule has 0 saturated carbocycles. The summed E-state index contributed by atoms with van der Waals surface area (Å²) in [5, 5.41) is 5.88. The van der Waals surface area contributed by atoms with Gasteiger partial charge in [0.25, 0.3) is 5.91 Å². The van der Waals surface area contributed by atoms with Gasteiger partial charge in [-0.05, 0) is 61.9 Å². The number of hydrogen-bond acceptors (Lipinski definition) is 5. The summed E-state index contributed by atoms with van der Waals surface area (Å²) in [4.78, 5) is 51.7. The van der Waals surface area contributed by atoms with Gasteiger partial charge in [0.15, 0.2) is 5.82 Å². The van der Waals surface area contributed by atoms with E-state index < -0.39 is 17.5 Å². The maximum Gasteiger partial charge on any atom is 0.289 e. The van der Waals surface area contributed by atoms with Crippen LogP contribution < -0.4 is 10.6 Å². The fourth-order valence-electron chi connectivity index (χ4n) is 5.32. The zero-order valence-electron chi connectivity index (χ0n) is 25.7. The number of nitrogens with one attached hydrogen (secondary N) is 3. The Hall–Kier alpha value is -4.05. The van der Waals surface area contributed by atoms with Crippen LogP contribution in [0.15, 0.2) is 60.8 Å². The second-order valence-electron chi connectivity index (χ2n) is 12.3. The van der Waals surface area contributed by atoms with Gasteiger partial charge >= 0.3 is 0 Å². The Balaban J connectivity index is 1.56. The molecule has 1 aliphatic heterocycles. The molecule has 3 atom stereocenters. The Bertz CT molecular complexity index is 1390. The first kappa shape index (κ1) is 31.9. The largest absolute Gasteiger partial charge is 0.342 e. The van der Waals surface area contributed by atoms with E-state index in [1.54, 1.807) is 37.2 Å². The Morgan fingerprint density at radius 2 is 1.81 bits per heavy atom. The molecule has 9 nitrogen and oxygen atoms in total. The molecule has 3 N–H and O–H groups in total. The van der Waals surface area contributed by atoms with E-state index in [1.165, 1.54) is 12.1 Å². The lowest BCUT2D eigenvalue weighted by molar-refractivity contribution is -0.140. The molecule has 230 valence electrons. The van der Waals surface area contributed by atoms with E-state index in [1.807, 2.05) is 56.0 Å². The minimum absolute atomic E-state index is 0.151.